The van der Waals surface area contributed by atoms with Gasteiger partial charge in [-0.3, -0.25) is 5.43 Å². The molecule has 0 aliphatic heterocycles. The SMILES string of the molecule is [N]Nc1nc(O)c[nH]1. The van der Waals surface area contributed by atoms with Crippen molar-refractivity contribution in [1.82, 2.24) is 15.8 Å². The highest BCUT2D eigenvalue weighted by Gasteiger charge is 1.92. The maximum atomic E-state index is 8.49. The van der Waals surface area contributed by atoms with Crippen LogP contribution >= 0.6 is 0 Å². The number of aromatic hydroxyl groups is 1. The predicted molar refractivity (Wildman–Crippen MR) is 26.0 cm³/mol. The standard InChI is InChI=1S/C3H4N4O/c4-7-3-5-1-2(8)6-3/h1,8H,(H2,5,6,7). The molecule has 5 heteroatoms. The van der Waals surface area contributed by atoms with E-state index in [9.17, 15) is 0 Å². The molecule has 0 saturated carbocycles. The van der Waals surface area contributed by atoms with Crippen molar-refractivity contribution in [3.05, 3.63) is 6.20 Å². The number of anilines is 1. The highest BCUT2D eigenvalue weighted by molar-refractivity contribution is 5.25. The number of nitrogens with zero attached hydrogens (tertiary/aromatic N) is 2. The summed E-state index contributed by atoms with van der Waals surface area (Å²) in [4.78, 5) is 5.80. The fraction of sp³-hybridized carbons (Fsp3) is 0. The molecule has 8 heavy (non-hydrogen) atoms. The number of nitrogens with one attached hydrogen (secondary N) is 2. The molecule has 0 spiro atoms. The number of aromatic amines is 1. The summed E-state index contributed by atoms with van der Waals surface area (Å²) >= 11 is 0. The summed E-state index contributed by atoms with van der Waals surface area (Å²) in [5, 5.41) is 8.49. The molecule has 2 radical (unpaired) electrons. The van der Waals surface area contributed by atoms with Crippen LogP contribution in [-0.4, -0.2) is 15.1 Å². The minimum absolute atomic E-state index is 0.127. The van der Waals surface area contributed by atoms with E-state index >= 15 is 0 Å². The molecule has 0 saturated heterocycles. The van der Waals surface area contributed by atoms with E-state index < -0.39 is 0 Å². The molecule has 0 unspecified atom stereocenters. The summed E-state index contributed by atoms with van der Waals surface area (Å²) < 4.78 is 0. The zero-order chi connectivity index (χ0) is 5.98. The van der Waals surface area contributed by atoms with Crippen molar-refractivity contribution in [3.63, 3.8) is 0 Å². The van der Waals surface area contributed by atoms with E-state index in [0.717, 1.165) is 0 Å². The van der Waals surface area contributed by atoms with Crippen LogP contribution in [0.2, 0.25) is 0 Å². The Morgan fingerprint density at radius 3 is 2.88 bits per heavy atom. The second-order valence-corrected chi connectivity index (χ2v) is 1.22. The molecule has 0 aliphatic carbocycles. The first-order chi connectivity index (χ1) is 3.83. The van der Waals surface area contributed by atoms with E-state index in [1.807, 2.05) is 0 Å². The van der Waals surface area contributed by atoms with Gasteiger partial charge in [-0.25, -0.2) is 0 Å². The fourth-order valence-electron chi connectivity index (χ4n) is 0.369. The van der Waals surface area contributed by atoms with Gasteiger partial charge in [0.2, 0.25) is 11.8 Å². The molecule has 0 fully saturated rings. The second-order valence-electron chi connectivity index (χ2n) is 1.22. The first kappa shape index (κ1) is 4.92. The second kappa shape index (κ2) is 1.71. The third-order valence-electron chi connectivity index (χ3n) is 0.670. The first-order valence-electron chi connectivity index (χ1n) is 1.97. The van der Waals surface area contributed by atoms with Gasteiger partial charge in [0.1, 0.15) is 0 Å². The van der Waals surface area contributed by atoms with E-state index in [0.29, 0.717) is 0 Å². The van der Waals surface area contributed by atoms with Gasteiger partial charge in [0, 0.05) is 0 Å². The Labute approximate surface area is 45.5 Å². The molecule has 0 aliphatic rings. The van der Waals surface area contributed by atoms with Crippen molar-refractivity contribution in [2.24, 2.45) is 0 Å². The van der Waals surface area contributed by atoms with E-state index in [-0.39, 0.29) is 11.8 Å². The molecule has 1 aromatic rings. The smallest absolute Gasteiger partial charge is 0.230 e. The topological polar surface area (TPSA) is 83.2 Å². The van der Waals surface area contributed by atoms with Gasteiger partial charge in [0.05, 0.1) is 6.20 Å². The normalized spacial score (nSPS) is 9.12. The van der Waals surface area contributed by atoms with Gasteiger partial charge in [-0.05, 0) is 5.84 Å². The van der Waals surface area contributed by atoms with Crippen molar-refractivity contribution in [3.8, 4) is 5.88 Å². The van der Waals surface area contributed by atoms with Crippen LogP contribution in [0.1, 0.15) is 0 Å². The van der Waals surface area contributed by atoms with E-state index in [1.54, 1.807) is 5.43 Å². The minimum Gasteiger partial charge on any atom is -0.492 e. The van der Waals surface area contributed by atoms with Crippen LogP contribution in [0.25, 0.3) is 0 Å². The summed E-state index contributed by atoms with van der Waals surface area (Å²) in [6.45, 7) is 0. The minimum atomic E-state index is -0.151. The lowest BCUT2D eigenvalue weighted by atomic mass is 10.9. The maximum Gasteiger partial charge on any atom is 0.230 e. The van der Waals surface area contributed by atoms with Crippen LogP contribution in [0.4, 0.5) is 5.95 Å². The fourth-order valence-corrected chi connectivity index (χ4v) is 0.369. The number of imidazole rings is 1. The number of aromatic nitrogens is 2. The third kappa shape index (κ3) is 0.710. The van der Waals surface area contributed by atoms with Crippen molar-refractivity contribution in [2.75, 3.05) is 5.43 Å². The Hall–Kier alpha value is -1.23. The van der Waals surface area contributed by atoms with E-state index in [1.165, 1.54) is 6.20 Å². The lowest BCUT2D eigenvalue weighted by Gasteiger charge is -1.82. The monoisotopic (exact) mass is 112 g/mol. The third-order valence-corrected chi connectivity index (χ3v) is 0.670. The van der Waals surface area contributed by atoms with Crippen LogP contribution in [-0.2, 0) is 0 Å². The number of H-pyrrole nitrogens is 1. The highest BCUT2D eigenvalue weighted by Crippen LogP contribution is 2.04. The number of hydrogen-bond acceptors (Lipinski definition) is 3. The van der Waals surface area contributed by atoms with Crippen molar-refractivity contribution in [2.45, 2.75) is 0 Å². The number of hydrogen-bond donors (Lipinski definition) is 3. The predicted octanol–water partition coefficient (Wildman–Crippen LogP) is -0.489. The van der Waals surface area contributed by atoms with Crippen molar-refractivity contribution in [1.29, 1.82) is 0 Å². The Bertz CT molecular complexity index is 172. The van der Waals surface area contributed by atoms with E-state index in [4.69, 9.17) is 10.9 Å². The Morgan fingerprint density at radius 1 is 1.88 bits per heavy atom. The zero-order valence-corrected chi connectivity index (χ0v) is 3.92. The molecule has 1 heterocycles. The molecular formula is C3H4N4O. The molecular weight excluding hydrogens is 108 g/mol. The quantitative estimate of drug-likeness (QED) is 0.428. The van der Waals surface area contributed by atoms with Gasteiger partial charge in [-0.1, -0.05) is 0 Å². The summed E-state index contributed by atoms with van der Waals surface area (Å²) in [6.07, 6.45) is 1.25. The lowest BCUT2D eigenvalue weighted by Crippen LogP contribution is -1.92. The molecule has 0 bridgehead atoms. The van der Waals surface area contributed by atoms with Crippen LogP contribution in [0.3, 0.4) is 0 Å². The van der Waals surface area contributed by atoms with Gasteiger partial charge in [-0.2, -0.15) is 4.98 Å². The summed E-state index contributed by atoms with van der Waals surface area (Å²) in [5.41, 5.74) is 1.72. The molecule has 42 valence electrons. The van der Waals surface area contributed by atoms with Gasteiger partial charge in [-0.15, -0.1) is 0 Å². The van der Waals surface area contributed by atoms with Crippen LogP contribution in [0.5, 0.6) is 5.88 Å². The summed E-state index contributed by atoms with van der Waals surface area (Å²) in [5.74, 6) is 8.07. The van der Waals surface area contributed by atoms with Gasteiger partial charge >= 0.3 is 0 Å². The Kier molecular flexibility index (Phi) is 1.05. The van der Waals surface area contributed by atoms with Crippen LogP contribution in [0.15, 0.2) is 6.20 Å². The maximum absolute atomic E-state index is 8.49. The average molecular weight is 112 g/mol. The van der Waals surface area contributed by atoms with Crippen molar-refractivity contribution >= 4 is 5.95 Å². The molecule has 0 atom stereocenters. The van der Waals surface area contributed by atoms with Gasteiger partial charge < -0.3 is 10.1 Å². The molecule has 3 N–H and O–H groups in total. The Balaban J connectivity index is 2.84. The van der Waals surface area contributed by atoms with Gasteiger partial charge in [0.15, 0.2) is 0 Å². The first-order valence-corrected chi connectivity index (χ1v) is 1.97. The van der Waals surface area contributed by atoms with Crippen molar-refractivity contribution < 1.29 is 5.11 Å². The van der Waals surface area contributed by atoms with E-state index in [2.05, 4.69) is 9.97 Å². The highest BCUT2D eigenvalue weighted by atomic mass is 16.3. The zero-order valence-electron chi connectivity index (χ0n) is 3.92. The Morgan fingerprint density at radius 2 is 2.62 bits per heavy atom. The molecule has 0 aromatic carbocycles. The summed E-state index contributed by atoms with van der Waals surface area (Å²) in [6, 6.07) is 0. The molecule has 0 amide bonds. The largest absolute Gasteiger partial charge is 0.492 e. The molecule has 5 nitrogen and oxygen atoms in total. The van der Waals surface area contributed by atoms with Crippen LogP contribution < -0.4 is 11.3 Å². The summed E-state index contributed by atoms with van der Waals surface area (Å²) in [7, 11) is 0. The van der Waals surface area contributed by atoms with Gasteiger partial charge in [0.25, 0.3) is 0 Å². The molecule has 1 rings (SSSR count). The average Bonchev–Trinajstić information content (AvgIpc) is 2.14. The lowest BCUT2D eigenvalue weighted by molar-refractivity contribution is 0.457. The van der Waals surface area contributed by atoms with Crippen LogP contribution in [0, 0.1) is 0 Å². The number of rotatable bonds is 1. The molecule has 1 aromatic heterocycles.